The molecule has 14 heteroatoms. The van der Waals surface area contributed by atoms with Crippen LogP contribution in [-0.2, 0) is 16.0 Å². The molecule has 0 fully saturated rings. The summed E-state index contributed by atoms with van der Waals surface area (Å²) >= 11 is 13.8. The van der Waals surface area contributed by atoms with Gasteiger partial charge in [0.15, 0.2) is 22.4 Å². The summed E-state index contributed by atoms with van der Waals surface area (Å²) in [7, 11) is 0. The molecule has 4 atom stereocenters. The van der Waals surface area contributed by atoms with Gasteiger partial charge in [-0.3, -0.25) is 9.59 Å². The van der Waals surface area contributed by atoms with Gasteiger partial charge in [0.1, 0.15) is 29.1 Å². The molecule has 0 spiro atoms. The second-order valence-corrected chi connectivity index (χ2v) is 15.1. The van der Waals surface area contributed by atoms with Crippen molar-refractivity contribution < 1.29 is 28.3 Å². The molecule has 9 bridgehead atoms. The molecule has 2 unspecified atom stereocenters. The Morgan fingerprint density at radius 3 is 2.49 bits per heavy atom. The van der Waals surface area contributed by atoms with Crippen LogP contribution in [0, 0.1) is 11.8 Å². The Morgan fingerprint density at radius 2 is 1.72 bits per heavy atom. The van der Waals surface area contributed by atoms with Gasteiger partial charge in [0, 0.05) is 34.0 Å². The normalized spacial score (nSPS) is 19.0. The number of nitrogens with one attached hydrogen (secondary N) is 4. The largest absolute Gasteiger partial charge is 0.462 e. The van der Waals surface area contributed by atoms with E-state index in [2.05, 4.69) is 25.9 Å². The highest BCUT2D eigenvalue weighted by Gasteiger charge is 2.38. The second-order valence-electron chi connectivity index (χ2n) is 14.3. The van der Waals surface area contributed by atoms with Crippen molar-refractivity contribution in [1.29, 1.82) is 0 Å². The van der Waals surface area contributed by atoms with Gasteiger partial charge in [-0.15, -0.1) is 0 Å². The molecule has 0 saturated heterocycles. The van der Waals surface area contributed by atoms with E-state index in [1.165, 1.54) is 0 Å². The fourth-order valence-electron chi connectivity index (χ4n) is 7.38. The molecule has 3 aromatic carbocycles. The molecule has 0 saturated carbocycles. The van der Waals surface area contributed by atoms with E-state index < -0.39 is 36.2 Å². The number of benzene rings is 3. The number of aromatic nitrogens is 3. The van der Waals surface area contributed by atoms with Crippen molar-refractivity contribution in [2.45, 2.75) is 58.5 Å². The van der Waals surface area contributed by atoms with Gasteiger partial charge in [-0.25, -0.2) is 4.98 Å². The van der Waals surface area contributed by atoms with Gasteiger partial charge in [0.25, 0.3) is 5.89 Å². The molecule has 7 heterocycles. The van der Waals surface area contributed by atoms with Gasteiger partial charge in [-0.2, -0.15) is 4.98 Å². The minimum atomic E-state index is -1.31. The van der Waals surface area contributed by atoms with E-state index in [-0.39, 0.29) is 52.4 Å². The van der Waals surface area contributed by atoms with Crippen molar-refractivity contribution in [3.05, 3.63) is 82.1 Å². The average molecular weight is 754 g/mol. The molecular weight excluding hydrogens is 719 g/mol. The number of rotatable bonds is 4. The van der Waals surface area contributed by atoms with Crippen LogP contribution in [0.4, 0.5) is 5.69 Å². The summed E-state index contributed by atoms with van der Waals surface area (Å²) in [5.41, 5.74) is 6.29. The highest BCUT2D eigenvalue weighted by atomic mass is 35.5. The predicted octanol–water partition coefficient (Wildman–Crippen LogP) is 7.81. The third-order valence-corrected chi connectivity index (χ3v) is 10.7. The smallest absolute Gasteiger partial charge is 0.251 e. The maximum atomic E-state index is 14.2. The zero-order valence-corrected chi connectivity index (χ0v) is 30.5. The number of para-hydroxylation sites is 1. The number of aromatic amines is 1. The minimum absolute atomic E-state index is 0.0585. The summed E-state index contributed by atoms with van der Waals surface area (Å²) in [6, 6.07) is 15.7. The number of anilines is 1. The van der Waals surface area contributed by atoms with E-state index in [1.54, 1.807) is 13.8 Å². The van der Waals surface area contributed by atoms with E-state index in [9.17, 15) is 14.7 Å². The molecule has 0 radical (unpaired) electrons. The highest BCUT2D eigenvalue weighted by molar-refractivity contribution is 6.37. The molecule has 10 rings (SSSR count). The van der Waals surface area contributed by atoms with Crippen molar-refractivity contribution in [2.75, 3.05) is 5.32 Å². The van der Waals surface area contributed by atoms with E-state index in [1.807, 2.05) is 68.4 Å². The Morgan fingerprint density at radius 1 is 0.962 bits per heavy atom. The minimum Gasteiger partial charge on any atom is -0.462 e. The summed E-state index contributed by atoms with van der Waals surface area (Å²) in [5.74, 6) is -0.461. The Hall–Kier alpha value is -5.30. The fraction of sp³-hybridized carbons (Fsp3) is 0.282. The Balaban J connectivity index is 1.36. The highest BCUT2D eigenvalue weighted by Crippen LogP contribution is 2.52. The van der Waals surface area contributed by atoms with Crippen LogP contribution in [0.25, 0.3) is 56.1 Å². The number of halogens is 2. The van der Waals surface area contributed by atoms with Crippen molar-refractivity contribution >= 4 is 51.6 Å². The van der Waals surface area contributed by atoms with Gasteiger partial charge in [0.2, 0.25) is 23.9 Å². The van der Waals surface area contributed by atoms with Crippen LogP contribution in [0.2, 0.25) is 10.3 Å². The van der Waals surface area contributed by atoms with Crippen LogP contribution in [-0.4, -0.2) is 44.0 Å². The fourth-order valence-corrected chi connectivity index (χ4v) is 7.87. The van der Waals surface area contributed by atoms with Gasteiger partial charge < -0.3 is 39.6 Å². The van der Waals surface area contributed by atoms with Gasteiger partial charge in [-0.05, 0) is 41.2 Å². The number of aliphatic hydroxyl groups excluding tert-OH is 1. The van der Waals surface area contributed by atoms with Crippen LogP contribution in [0.1, 0.15) is 57.2 Å². The quantitative estimate of drug-likeness (QED) is 0.121. The predicted molar refractivity (Wildman–Crippen MR) is 199 cm³/mol. The number of hydrogen-bond acceptors (Lipinski definition) is 9. The summed E-state index contributed by atoms with van der Waals surface area (Å²) < 4.78 is 19.9. The molecule has 6 aromatic rings. The monoisotopic (exact) mass is 752 g/mol. The lowest BCUT2D eigenvalue weighted by atomic mass is 9.91. The lowest BCUT2D eigenvalue weighted by Crippen LogP contribution is -2.52. The Bertz CT molecular complexity index is 2480. The molecule has 3 aromatic heterocycles. The number of carbonyl (C=O) groups is 2. The zero-order chi connectivity index (χ0) is 36.9. The van der Waals surface area contributed by atoms with E-state index in [0.717, 1.165) is 44.4 Å². The summed E-state index contributed by atoms with van der Waals surface area (Å²) in [6.45, 7) is 7.30. The van der Waals surface area contributed by atoms with Crippen LogP contribution in [0.3, 0.4) is 0 Å². The molecule has 12 nitrogen and oxygen atoms in total. The molecule has 4 aliphatic heterocycles. The first-order chi connectivity index (χ1) is 25.5. The van der Waals surface area contributed by atoms with Gasteiger partial charge in [-0.1, -0.05) is 87.3 Å². The van der Waals surface area contributed by atoms with Crippen LogP contribution in [0.15, 0.2) is 63.4 Å². The molecule has 0 aliphatic carbocycles. The number of nitrogens with zero attached hydrogens (tertiary/aromatic N) is 2. The van der Waals surface area contributed by atoms with Crippen LogP contribution in [0.5, 0.6) is 5.75 Å². The SMILES string of the molecule is CC(C)C1NC(=O)[C@@H](NC(=O)[C@@H](O)C(C)C)Cc2ccc3c(c2)-c2cccc4c2NC(O3)c2oc1nc2-c1nc(Cl)c(o1)-c1c(Cl)[nH]c2cccc-4c12. The maximum Gasteiger partial charge on any atom is 0.251 e. The van der Waals surface area contributed by atoms with Crippen molar-refractivity contribution in [3.63, 3.8) is 0 Å². The number of amides is 2. The van der Waals surface area contributed by atoms with E-state index in [0.29, 0.717) is 16.5 Å². The molecule has 2 amide bonds. The number of fused-ring (bicyclic) bond motifs is 10. The number of hydrogen-bond donors (Lipinski definition) is 5. The Kier molecular flexibility index (Phi) is 7.84. The van der Waals surface area contributed by atoms with E-state index in [4.69, 9.17) is 41.8 Å². The van der Waals surface area contributed by atoms with Crippen molar-refractivity contribution in [2.24, 2.45) is 11.8 Å². The lowest BCUT2D eigenvalue weighted by molar-refractivity contribution is -0.135. The number of H-pyrrole nitrogens is 1. The Labute approximate surface area is 313 Å². The maximum absolute atomic E-state index is 14.2. The molecule has 5 N–H and O–H groups in total. The van der Waals surface area contributed by atoms with Gasteiger partial charge >= 0.3 is 0 Å². The standard InChI is InChI=1S/C39H34Cl2N6O6/c1-15(2)27-37-46-29-32(53-37)39-45-28-19(18-7-6-10-22-25(18)26(33(40)42-22)31-34(41)47-38(29)52-31)8-5-9-20(28)21-13-17(11-12-24(21)51-39)14-23(35(49)44-27)43-36(50)30(48)16(3)4/h5-13,15-16,23,27,30,39,42,45,48H,14H2,1-4H3,(H,43,50)(H,44,49)/t23-,27?,30-,39?/m0/s1. The topological polar surface area (TPSA) is 168 Å². The summed E-state index contributed by atoms with van der Waals surface area (Å²) in [6.07, 6.45) is -2.13. The number of aliphatic hydroxyl groups is 1. The molecular formula is C39H34Cl2N6O6. The van der Waals surface area contributed by atoms with Crippen LogP contribution >= 0.6 is 23.2 Å². The van der Waals surface area contributed by atoms with Gasteiger partial charge in [0.05, 0.1) is 11.3 Å². The number of carbonyl (C=O) groups excluding carboxylic acids is 2. The van der Waals surface area contributed by atoms with Crippen LogP contribution < -0.4 is 20.7 Å². The summed E-state index contributed by atoms with van der Waals surface area (Å²) in [5, 5.41) is 21.3. The molecule has 270 valence electrons. The van der Waals surface area contributed by atoms with Crippen molar-refractivity contribution in [1.82, 2.24) is 25.6 Å². The first-order valence-electron chi connectivity index (χ1n) is 17.4. The second kappa shape index (κ2) is 12.4. The summed E-state index contributed by atoms with van der Waals surface area (Å²) in [4.78, 5) is 40.2. The first-order valence-corrected chi connectivity index (χ1v) is 18.2. The zero-order valence-electron chi connectivity index (χ0n) is 29.0. The lowest BCUT2D eigenvalue weighted by Gasteiger charge is -2.26. The molecule has 53 heavy (non-hydrogen) atoms. The number of ether oxygens (including phenoxy) is 1. The third kappa shape index (κ3) is 5.38. The first kappa shape index (κ1) is 33.5. The molecule has 4 aliphatic rings. The third-order valence-electron chi connectivity index (χ3n) is 10.1. The number of oxazole rings is 2. The average Bonchev–Trinajstić information content (AvgIpc) is 3.79. The van der Waals surface area contributed by atoms with E-state index >= 15 is 0 Å². The van der Waals surface area contributed by atoms with Crippen molar-refractivity contribution in [3.8, 4) is 50.9 Å².